The van der Waals surface area contributed by atoms with E-state index in [1.165, 1.54) is 4.31 Å². The highest BCUT2D eigenvalue weighted by Gasteiger charge is 2.38. The number of benzene rings is 1. The number of nitrogens with zero attached hydrogens (tertiary/aromatic N) is 3. The van der Waals surface area contributed by atoms with Gasteiger partial charge in [0.05, 0.1) is 13.2 Å². The van der Waals surface area contributed by atoms with Gasteiger partial charge in [0, 0.05) is 12.1 Å². The third-order valence-corrected chi connectivity index (χ3v) is 8.54. The number of hydrogen-bond acceptors (Lipinski definition) is 9. The monoisotopic (exact) mass is 506 g/mol. The maximum Gasteiger partial charge on any atom is 0.322 e. The number of ether oxygens (including phenoxy) is 2. The Balaban J connectivity index is 1.51. The number of hydrogen-bond donors (Lipinski definition) is 1. The maximum atomic E-state index is 13.0. The van der Waals surface area contributed by atoms with E-state index in [1.807, 2.05) is 13.8 Å². The molecule has 0 radical (unpaired) electrons. The second kappa shape index (κ2) is 10.5. The molecule has 0 aliphatic carbocycles. The van der Waals surface area contributed by atoms with E-state index < -0.39 is 22.0 Å². The number of carbonyl (C=O) groups is 1. The predicted molar refractivity (Wildman–Crippen MR) is 127 cm³/mol. The van der Waals surface area contributed by atoms with Gasteiger partial charge in [-0.3, -0.25) is 10.1 Å². The average molecular weight is 507 g/mol. The lowest BCUT2D eigenvalue weighted by molar-refractivity contribution is -0.120. The van der Waals surface area contributed by atoms with Gasteiger partial charge in [0.2, 0.25) is 11.8 Å². The van der Waals surface area contributed by atoms with Crippen molar-refractivity contribution in [1.82, 2.24) is 14.5 Å². The highest BCUT2D eigenvalue weighted by Crippen LogP contribution is 2.33. The summed E-state index contributed by atoms with van der Waals surface area (Å²) >= 11 is 1.13. The van der Waals surface area contributed by atoms with E-state index >= 15 is 0 Å². The molecule has 2 aromatic heterocycles. The summed E-state index contributed by atoms with van der Waals surface area (Å²) in [6.45, 7) is 4.99. The summed E-state index contributed by atoms with van der Waals surface area (Å²) in [6, 6.07) is 7.49. The molecule has 10 nitrogen and oxygen atoms in total. The molecule has 1 saturated heterocycles. The summed E-state index contributed by atoms with van der Waals surface area (Å²) in [5.41, 5.74) is 0.597. The van der Waals surface area contributed by atoms with Crippen molar-refractivity contribution in [2.75, 3.05) is 25.1 Å². The first-order valence-corrected chi connectivity index (χ1v) is 13.4. The molecule has 1 amide bonds. The zero-order valence-corrected chi connectivity index (χ0v) is 20.5. The van der Waals surface area contributed by atoms with Crippen LogP contribution >= 0.6 is 11.3 Å². The molecule has 1 aliphatic rings. The minimum absolute atomic E-state index is 0.106. The molecular formula is C22H26N4O6S2. The number of anilines is 1. The summed E-state index contributed by atoms with van der Waals surface area (Å²) in [4.78, 5) is 13.0. The Hall–Kier alpha value is -2.96. The summed E-state index contributed by atoms with van der Waals surface area (Å²) < 4.78 is 44.4. The largest absolute Gasteiger partial charge is 0.490 e. The molecule has 0 saturated carbocycles. The number of amides is 1. The van der Waals surface area contributed by atoms with Gasteiger partial charge in [-0.15, -0.1) is 16.4 Å². The van der Waals surface area contributed by atoms with Crippen LogP contribution in [0.2, 0.25) is 0 Å². The Morgan fingerprint density at radius 1 is 1.18 bits per heavy atom. The minimum atomic E-state index is -3.76. The average Bonchev–Trinajstić information content (AvgIpc) is 3.54. The minimum Gasteiger partial charge on any atom is -0.490 e. The standard InChI is InChI=1S/C22H26N4O6S2/c1-3-30-17-11-10-15(14-18(17)31-4-2)21-24-25-22(32-21)23-20(27)16-8-5-6-12-26(16)34(28,29)19-9-7-13-33-19/h7,9-11,13-14,16H,3-6,8,12H2,1-2H3,(H,23,25,27). The molecule has 0 spiro atoms. The number of nitrogens with one attached hydrogen (secondary N) is 1. The van der Waals surface area contributed by atoms with Gasteiger partial charge in [-0.2, -0.15) is 4.31 Å². The van der Waals surface area contributed by atoms with Crippen molar-refractivity contribution in [2.45, 2.75) is 43.4 Å². The normalized spacial score (nSPS) is 16.8. The number of aromatic nitrogens is 2. The molecule has 3 aromatic rings. The van der Waals surface area contributed by atoms with Crippen LogP contribution in [-0.2, 0) is 14.8 Å². The van der Waals surface area contributed by atoms with Crippen LogP contribution in [0.5, 0.6) is 11.5 Å². The van der Waals surface area contributed by atoms with Crippen LogP contribution in [0, 0.1) is 0 Å². The van der Waals surface area contributed by atoms with Gasteiger partial charge >= 0.3 is 6.01 Å². The first kappa shape index (κ1) is 24.2. The van der Waals surface area contributed by atoms with Crippen LogP contribution < -0.4 is 14.8 Å². The molecule has 1 atom stereocenters. The van der Waals surface area contributed by atoms with E-state index in [1.54, 1.807) is 35.7 Å². The van der Waals surface area contributed by atoms with Crippen molar-refractivity contribution < 1.29 is 27.1 Å². The van der Waals surface area contributed by atoms with Crippen molar-refractivity contribution in [1.29, 1.82) is 0 Å². The molecule has 34 heavy (non-hydrogen) atoms. The number of piperidine rings is 1. The van der Waals surface area contributed by atoms with Gasteiger partial charge in [-0.1, -0.05) is 17.6 Å². The Kier molecular flexibility index (Phi) is 7.49. The van der Waals surface area contributed by atoms with Gasteiger partial charge in [0.1, 0.15) is 10.3 Å². The van der Waals surface area contributed by atoms with E-state index in [0.29, 0.717) is 43.1 Å². The third kappa shape index (κ3) is 5.08. The summed E-state index contributed by atoms with van der Waals surface area (Å²) in [5, 5.41) is 12.2. The van der Waals surface area contributed by atoms with Gasteiger partial charge in [-0.25, -0.2) is 8.42 Å². The molecule has 0 bridgehead atoms. The van der Waals surface area contributed by atoms with Crippen molar-refractivity contribution in [3.05, 3.63) is 35.7 Å². The highest BCUT2D eigenvalue weighted by atomic mass is 32.2. The van der Waals surface area contributed by atoms with Crippen molar-refractivity contribution in [3.63, 3.8) is 0 Å². The van der Waals surface area contributed by atoms with Crippen LogP contribution in [0.1, 0.15) is 33.1 Å². The molecule has 1 unspecified atom stereocenters. The van der Waals surface area contributed by atoms with Crippen LogP contribution in [0.4, 0.5) is 6.01 Å². The number of sulfonamides is 1. The molecule has 3 heterocycles. The molecular weight excluding hydrogens is 480 g/mol. The summed E-state index contributed by atoms with van der Waals surface area (Å²) in [5.74, 6) is 0.829. The number of thiophene rings is 1. The van der Waals surface area contributed by atoms with Gasteiger partial charge in [0.15, 0.2) is 11.5 Å². The quantitative estimate of drug-likeness (QED) is 0.465. The van der Waals surface area contributed by atoms with E-state index in [0.717, 1.165) is 17.8 Å². The number of rotatable bonds is 9. The zero-order chi connectivity index (χ0) is 24.1. The molecule has 1 fully saturated rings. The van der Waals surface area contributed by atoms with Crippen LogP contribution in [0.15, 0.2) is 44.3 Å². The van der Waals surface area contributed by atoms with Gasteiger partial charge in [0.25, 0.3) is 10.0 Å². The van der Waals surface area contributed by atoms with Crippen molar-refractivity contribution >= 4 is 33.3 Å². The molecule has 1 aliphatic heterocycles. The van der Waals surface area contributed by atoms with E-state index in [4.69, 9.17) is 13.9 Å². The molecule has 182 valence electrons. The van der Waals surface area contributed by atoms with E-state index in [2.05, 4.69) is 15.5 Å². The van der Waals surface area contributed by atoms with Crippen molar-refractivity contribution in [2.24, 2.45) is 0 Å². The van der Waals surface area contributed by atoms with Crippen LogP contribution in [0.3, 0.4) is 0 Å². The molecule has 1 N–H and O–H groups in total. The van der Waals surface area contributed by atoms with E-state index in [9.17, 15) is 13.2 Å². The van der Waals surface area contributed by atoms with Gasteiger partial charge < -0.3 is 13.9 Å². The fourth-order valence-electron chi connectivity index (χ4n) is 3.74. The Bertz CT molecular complexity index is 1230. The second-order valence-electron chi connectivity index (χ2n) is 7.49. The third-order valence-electron chi connectivity index (χ3n) is 5.26. The topological polar surface area (TPSA) is 124 Å². The first-order chi connectivity index (χ1) is 16.4. The summed E-state index contributed by atoms with van der Waals surface area (Å²) in [7, 11) is -3.76. The lowest BCUT2D eigenvalue weighted by Gasteiger charge is -2.32. The van der Waals surface area contributed by atoms with Crippen LogP contribution in [0.25, 0.3) is 11.5 Å². The first-order valence-electron chi connectivity index (χ1n) is 11.0. The second-order valence-corrected chi connectivity index (χ2v) is 10.6. The smallest absolute Gasteiger partial charge is 0.322 e. The molecule has 4 rings (SSSR count). The maximum absolute atomic E-state index is 13.0. The van der Waals surface area contributed by atoms with Gasteiger partial charge in [-0.05, 0) is 56.3 Å². The fraction of sp³-hybridized carbons (Fsp3) is 0.409. The number of carbonyl (C=O) groups excluding carboxylic acids is 1. The predicted octanol–water partition coefficient (Wildman–Crippen LogP) is 3.78. The van der Waals surface area contributed by atoms with Crippen molar-refractivity contribution in [3.8, 4) is 23.0 Å². The fourth-order valence-corrected chi connectivity index (χ4v) is 6.52. The lowest BCUT2D eigenvalue weighted by atomic mass is 10.0. The molecule has 1 aromatic carbocycles. The SMILES string of the molecule is CCOc1ccc(-c2nnc(NC(=O)C3CCCCN3S(=O)(=O)c3cccs3)o2)cc1OCC. The molecule has 12 heteroatoms. The Morgan fingerprint density at radius 3 is 2.71 bits per heavy atom. The Labute approximate surface area is 201 Å². The zero-order valence-electron chi connectivity index (χ0n) is 18.9. The lowest BCUT2D eigenvalue weighted by Crippen LogP contribution is -2.49. The Morgan fingerprint density at radius 2 is 1.97 bits per heavy atom. The highest BCUT2D eigenvalue weighted by molar-refractivity contribution is 7.91. The summed E-state index contributed by atoms with van der Waals surface area (Å²) in [6.07, 6.45) is 1.85. The van der Waals surface area contributed by atoms with Crippen LogP contribution in [-0.4, -0.2) is 54.6 Å². The van der Waals surface area contributed by atoms with E-state index in [-0.39, 0.29) is 22.7 Å².